The van der Waals surface area contributed by atoms with E-state index in [0.29, 0.717) is 0 Å². The van der Waals surface area contributed by atoms with Gasteiger partial charge in [-0.05, 0) is 6.42 Å². The van der Waals surface area contributed by atoms with E-state index in [2.05, 4.69) is 19.6 Å². The van der Waals surface area contributed by atoms with Gasteiger partial charge in [0.25, 0.3) is 0 Å². The van der Waals surface area contributed by atoms with Crippen LogP contribution >= 0.6 is 24.2 Å². The molecule has 0 N–H and O–H groups in total. The van der Waals surface area contributed by atoms with Crippen molar-refractivity contribution >= 4 is 24.2 Å². The summed E-state index contributed by atoms with van der Waals surface area (Å²) < 4.78 is 0.0710. The summed E-state index contributed by atoms with van der Waals surface area (Å²) >= 11 is 9.74. The van der Waals surface area contributed by atoms with Gasteiger partial charge in [0.15, 0.2) is 0 Å². The third-order valence-electron chi connectivity index (χ3n) is 1.55. The van der Waals surface area contributed by atoms with Gasteiger partial charge in [-0.15, -0.1) is 11.6 Å². The highest BCUT2D eigenvalue weighted by atomic mass is 35.5. The van der Waals surface area contributed by atoms with E-state index in [9.17, 15) is 0 Å². The fraction of sp³-hybridized carbons (Fsp3) is 1.00. The van der Waals surface area contributed by atoms with Gasteiger partial charge in [-0.1, -0.05) is 39.0 Å². The second-order valence-corrected chi connectivity index (χ2v) is 4.09. The lowest BCUT2D eigenvalue weighted by Gasteiger charge is -2.00. The van der Waals surface area contributed by atoms with Gasteiger partial charge in [0.2, 0.25) is 0 Å². The van der Waals surface area contributed by atoms with Gasteiger partial charge < -0.3 is 0 Å². The molecule has 0 rings (SSSR count). The molecule has 0 spiro atoms. The van der Waals surface area contributed by atoms with E-state index in [1.54, 1.807) is 0 Å². The summed E-state index contributed by atoms with van der Waals surface area (Å²) in [6.45, 7) is 2.23. The summed E-state index contributed by atoms with van der Waals surface area (Å²) in [4.78, 5) is 0. The molecule has 0 bridgehead atoms. The third-order valence-corrected chi connectivity index (χ3v) is 2.02. The molecule has 2 heteroatoms. The number of rotatable bonds is 6. The van der Waals surface area contributed by atoms with Crippen molar-refractivity contribution in [3.63, 3.8) is 0 Å². The van der Waals surface area contributed by atoms with Gasteiger partial charge in [0.1, 0.15) is 0 Å². The number of alkyl halides is 1. The van der Waals surface area contributed by atoms with E-state index >= 15 is 0 Å². The number of hydrogen-bond donors (Lipinski definition) is 1. The predicted molar refractivity (Wildman–Crippen MR) is 52.0 cm³/mol. The van der Waals surface area contributed by atoms with Gasteiger partial charge in [-0.3, -0.25) is 0 Å². The molecule has 0 nitrogen and oxygen atoms in total. The molecule has 0 aromatic rings. The lowest BCUT2D eigenvalue weighted by atomic mass is 10.1. The van der Waals surface area contributed by atoms with Crippen LogP contribution in [-0.2, 0) is 0 Å². The number of hydrogen-bond acceptors (Lipinski definition) is 1. The molecule has 0 heterocycles. The first-order valence-corrected chi connectivity index (χ1v) is 5.04. The van der Waals surface area contributed by atoms with Crippen LogP contribution in [0.1, 0.15) is 45.4 Å². The van der Waals surface area contributed by atoms with E-state index in [4.69, 9.17) is 11.6 Å². The molecule has 1 unspecified atom stereocenters. The zero-order valence-electron chi connectivity index (χ0n) is 6.65. The van der Waals surface area contributed by atoms with Gasteiger partial charge in [-0.25, -0.2) is 0 Å². The lowest BCUT2D eigenvalue weighted by molar-refractivity contribution is 0.621. The molecule has 0 saturated heterocycles. The number of unbranched alkanes of at least 4 members (excludes halogenated alkanes) is 4. The minimum atomic E-state index is 0.0710. The zero-order chi connectivity index (χ0) is 7.82. The predicted octanol–water partition coefficient (Wildman–Crippen LogP) is 3.84. The van der Waals surface area contributed by atoms with Crippen LogP contribution in [0.2, 0.25) is 0 Å². The molecule has 0 aromatic heterocycles. The Kier molecular flexibility index (Phi) is 8.24. The second-order valence-electron chi connectivity index (χ2n) is 2.64. The van der Waals surface area contributed by atoms with E-state index < -0.39 is 0 Å². The summed E-state index contributed by atoms with van der Waals surface area (Å²) in [5, 5.41) is 0. The summed E-state index contributed by atoms with van der Waals surface area (Å²) in [7, 11) is 0. The molecule has 10 heavy (non-hydrogen) atoms. The van der Waals surface area contributed by atoms with E-state index in [-0.39, 0.29) is 4.71 Å². The van der Waals surface area contributed by atoms with Gasteiger partial charge in [-0.2, -0.15) is 12.6 Å². The maximum atomic E-state index is 5.65. The normalized spacial score (nSPS) is 13.5. The Morgan fingerprint density at radius 3 is 2.30 bits per heavy atom. The van der Waals surface area contributed by atoms with Crippen molar-refractivity contribution in [3.8, 4) is 0 Å². The van der Waals surface area contributed by atoms with Crippen molar-refractivity contribution in [3.05, 3.63) is 0 Å². The Balaban J connectivity index is 2.77. The number of halogens is 1. The van der Waals surface area contributed by atoms with Crippen molar-refractivity contribution in [1.29, 1.82) is 0 Å². The topological polar surface area (TPSA) is 0 Å². The van der Waals surface area contributed by atoms with Crippen LogP contribution < -0.4 is 0 Å². The molecule has 0 aliphatic carbocycles. The second kappa shape index (κ2) is 7.74. The van der Waals surface area contributed by atoms with Crippen molar-refractivity contribution < 1.29 is 0 Å². The van der Waals surface area contributed by atoms with Crippen molar-refractivity contribution in [2.75, 3.05) is 0 Å². The first-order valence-electron chi connectivity index (χ1n) is 4.09. The maximum Gasteiger partial charge on any atom is 0.0759 e. The Morgan fingerprint density at radius 1 is 1.20 bits per heavy atom. The fourth-order valence-corrected chi connectivity index (χ4v) is 1.25. The van der Waals surface area contributed by atoms with Crippen molar-refractivity contribution in [2.24, 2.45) is 0 Å². The van der Waals surface area contributed by atoms with Crippen LogP contribution in [-0.4, -0.2) is 4.71 Å². The third kappa shape index (κ3) is 8.64. The van der Waals surface area contributed by atoms with Crippen molar-refractivity contribution in [1.82, 2.24) is 0 Å². The van der Waals surface area contributed by atoms with E-state index in [1.165, 1.54) is 32.1 Å². The van der Waals surface area contributed by atoms with E-state index in [0.717, 1.165) is 6.42 Å². The van der Waals surface area contributed by atoms with Crippen LogP contribution in [0.5, 0.6) is 0 Å². The molecule has 0 amide bonds. The first-order chi connectivity index (χ1) is 4.77. The first kappa shape index (κ1) is 10.6. The molecule has 62 valence electrons. The monoisotopic (exact) mass is 180 g/mol. The summed E-state index contributed by atoms with van der Waals surface area (Å²) in [6.07, 6.45) is 7.63. The Labute approximate surface area is 74.8 Å². The fourth-order valence-electron chi connectivity index (χ4n) is 0.916. The van der Waals surface area contributed by atoms with Crippen LogP contribution in [0.3, 0.4) is 0 Å². The van der Waals surface area contributed by atoms with Crippen LogP contribution in [0, 0.1) is 0 Å². The van der Waals surface area contributed by atoms with Crippen molar-refractivity contribution in [2.45, 2.75) is 50.2 Å². The summed E-state index contributed by atoms with van der Waals surface area (Å²) in [6, 6.07) is 0. The molecular weight excluding hydrogens is 164 g/mol. The molecule has 0 fully saturated rings. The average molecular weight is 181 g/mol. The largest absolute Gasteiger partial charge is 0.160 e. The van der Waals surface area contributed by atoms with E-state index in [1.807, 2.05) is 0 Å². The highest BCUT2D eigenvalue weighted by Gasteiger charge is 1.95. The van der Waals surface area contributed by atoms with Gasteiger partial charge in [0.05, 0.1) is 4.71 Å². The minimum Gasteiger partial charge on any atom is -0.160 e. The molecule has 0 radical (unpaired) electrons. The molecule has 0 aromatic carbocycles. The molecule has 0 aliphatic rings. The Bertz CT molecular complexity index is 64.3. The maximum absolute atomic E-state index is 5.65. The summed E-state index contributed by atoms with van der Waals surface area (Å²) in [5.74, 6) is 0. The Morgan fingerprint density at radius 2 is 1.80 bits per heavy atom. The number of thiol groups is 1. The standard InChI is InChI=1S/C8H17ClS/c1-2-3-4-5-6-7-8(9)10/h8,10H,2-7H2,1H3. The summed E-state index contributed by atoms with van der Waals surface area (Å²) in [5.41, 5.74) is 0. The minimum absolute atomic E-state index is 0.0710. The van der Waals surface area contributed by atoms with Gasteiger partial charge in [0, 0.05) is 0 Å². The quantitative estimate of drug-likeness (QED) is 0.359. The van der Waals surface area contributed by atoms with Crippen LogP contribution in [0.15, 0.2) is 0 Å². The smallest absolute Gasteiger partial charge is 0.0759 e. The highest BCUT2D eigenvalue weighted by Crippen LogP contribution is 2.12. The Hall–Kier alpha value is 0.640. The molecule has 0 aliphatic heterocycles. The SMILES string of the molecule is CCCCCCCC(S)Cl. The highest BCUT2D eigenvalue weighted by molar-refractivity contribution is 7.82. The van der Waals surface area contributed by atoms with Crippen LogP contribution in [0.25, 0.3) is 0 Å². The molecule has 0 saturated carbocycles. The lowest BCUT2D eigenvalue weighted by Crippen LogP contribution is -1.86. The molecule has 1 atom stereocenters. The molecular formula is C8H17ClS. The zero-order valence-corrected chi connectivity index (χ0v) is 8.30. The van der Waals surface area contributed by atoms with Crippen LogP contribution in [0.4, 0.5) is 0 Å². The average Bonchev–Trinajstić information content (AvgIpc) is 1.87. The van der Waals surface area contributed by atoms with Gasteiger partial charge >= 0.3 is 0 Å².